The first kappa shape index (κ1) is 18.4. The standard InChI is InChI=1S/C19H24N2O4/c1-4-25-17-10-5-14(13-18(17)24-3)11-12-20-19(22)21-15-6-8-16(23-2)9-7-15/h5-10,13H,4,11-12H2,1-3H3,(H2,20,21,22). The maximum atomic E-state index is 11.9. The molecule has 2 aromatic rings. The van der Waals surface area contributed by atoms with Gasteiger partial charge in [-0.3, -0.25) is 0 Å². The number of carbonyl (C=O) groups is 1. The zero-order valence-corrected chi connectivity index (χ0v) is 14.8. The van der Waals surface area contributed by atoms with Gasteiger partial charge in [0, 0.05) is 12.2 Å². The van der Waals surface area contributed by atoms with Gasteiger partial charge in [0.05, 0.1) is 20.8 Å². The molecule has 2 aromatic carbocycles. The summed E-state index contributed by atoms with van der Waals surface area (Å²) in [7, 11) is 3.22. The Hall–Kier alpha value is -2.89. The van der Waals surface area contributed by atoms with Crippen LogP contribution in [-0.4, -0.2) is 33.4 Å². The molecule has 2 amide bonds. The Kier molecular flexibility index (Phi) is 6.95. The Balaban J connectivity index is 1.82. The van der Waals surface area contributed by atoms with Gasteiger partial charge < -0.3 is 24.8 Å². The van der Waals surface area contributed by atoms with E-state index in [0.29, 0.717) is 31.0 Å². The minimum absolute atomic E-state index is 0.247. The zero-order valence-electron chi connectivity index (χ0n) is 14.8. The van der Waals surface area contributed by atoms with Crippen molar-refractivity contribution in [3.05, 3.63) is 48.0 Å². The fourth-order valence-electron chi connectivity index (χ4n) is 2.31. The first-order valence-electron chi connectivity index (χ1n) is 8.15. The molecule has 0 saturated heterocycles. The first-order chi connectivity index (χ1) is 12.2. The number of hydrogen-bond acceptors (Lipinski definition) is 4. The number of rotatable bonds is 8. The van der Waals surface area contributed by atoms with Crippen LogP contribution in [0.25, 0.3) is 0 Å². The topological polar surface area (TPSA) is 68.8 Å². The number of benzene rings is 2. The van der Waals surface area contributed by atoms with Crippen LogP contribution in [0.15, 0.2) is 42.5 Å². The van der Waals surface area contributed by atoms with Crippen molar-refractivity contribution < 1.29 is 19.0 Å². The molecule has 0 spiro atoms. The van der Waals surface area contributed by atoms with E-state index in [-0.39, 0.29) is 6.03 Å². The number of anilines is 1. The predicted molar refractivity (Wildman–Crippen MR) is 97.9 cm³/mol. The number of methoxy groups -OCH3 is 2. The SMILES string of the molecule is CCOc1ccc(CCNC(=O)Nc2ccc(OC)cc2)cc1OC. The van der Waals surface area contributed by atoms with Crippen molar-refractivity contribution in [3.63, 3.8) is 0 Å². The highest BCUT2D eigenvalue weighted by Gasteiger charge is 2.06. The quantitative estimate of drug-likeness (QED) is 0.769. The van der Waals surface area contributed by atoms with Crippen molar-refractivity contribution in [3.8, 4) is 17.2 Å². The summed E-state index contributed by atoms with van der Waals surface area (Å²) in [4.78, 5) is 11.9. The van der Waals surface area contributed by atoms with Crippen molar-refractivity contribution in [1.82, 2.24) is 5.32 Å². The Labute approximate surface area is 148 Å². The second-order valence-corrected chi connectivity index (χ2v) is 5.28. The smallest absolute Gasteiger partial charge is 0.319 e. The van der Waals surface area contributed by atoms with E-state index >= 15 is 0 Å². The molecule has 0 bridgehead atoms. The minimum Gasteiger partial charge on any atom is -0.497 e. The van der Waals surface area contributed by atoms with Crippen LogP contribution in [0, 0.1) is 0 Å². The molecule has 2 N–H and O–H groups in total. The molecule has 25 heavy (non-hydrogen) atoms. The van der Waals surface area contributed by atoms with Crippen LogP contribution >= 0.6 is 0 Å². The highest BCUT2D eigenvalue weighted by molar-refractivity contribution is 5.89. The molecule has 0 saturated carbocycles. The van der Waals surface area contributed by atoms with Crippen molar-refractivity contribution in [1.29, 1.82) is 0 Å². The molecular formula is C19H24N2O4. The third-order valence-corrected chi connectivity index (χ3v) is 3.57. The van der Waals surface area contributed by atoms with Crippen LogP contribution < -0.4 is 24.8 Å². The lowest BCUT2D eigenvalue weighted by molar-refractivity contribution is 0.252. The van der Waals surface area contributed by atoms with Crippen LogP contribution in [0.5, 0.6) is 17.2 Å². The number of urea groups is 1. The third kappa shape index (κ3) is 5.60. The summed E-state index contributed by atoms with van der Waals surface area (Å²) in [6, 6.07) is 12.7. The Morgan fingerprint density at radius 3 is 2.40 bits per heavy atom. The maximum absolute atomic E-state index is 11.9. The number of carbonyl (C=O) groups excluding carboxylic acids is 1. The van der Waals surface area contributed by atoms with E-state index in [9.17, 15) is 4.79 Å². The largest absolute Gasteiger partial charge is 0.497 e. The lowest BCUT2D eigenvalue weighted by atomic mass is 10.1. The fraction of sp³-hybridized carbons (Fsp3) is 0.316. The summed E-state index contributed by atoms with van der Waals surface area (Å²) in [5.41, 5.74) is 1.77. The van der Waals surface area contributed by atoms with Crippen LogP contribution in [0.3, 0.4) is 0 Å². The molecule has 0 unspecified atom stereocenters. The van der Waals surface area contributed by atoms with Crippen molar-refractivity contribution >= 4 is 11.7 Å². The minimum atomic E-state index is -0.247. The molecule has 0 fully saturated rings. The molecule has 0 aromatic heterocycles. The van der Waals surface area contributed by atoms with E-state index < -0.39 is 0 Å². The molecule has 0 heterocycles. The first-order valence-corrected chi connectivity index (χ1v) is 8.15. The van der Waals surface area contributed by atoms with Crippen molar-refractivity contribution in [2.24, 2.45) is 0 Å². The Bertz CT molecular complexity index is 686. The summed E-state index contributed by atoms with van der Waals surface area (Å²) in [6.07, 6.45) is 0.693. The Morgan fingerprint density at radius 1 is 1.00 bits per heavy atom. The molecule has 0 aliphatic carbocycles. The summed E-state index contributed by atoms with van der Waals surface area (Å²) in [5, 5.41) is 5.61. The molecule has 0 atom stereocenters. The van der Waals surface area contributed by atoms with Gasteiger partial charge in [0.15, 0.2) is 11.5 Å². The van der Waals surface area contributed by atoms with Crippen LogP contribution in [0.1, 0.15) is 12.5 Å². The van der Waals surface area contributed by atoms with Gasteiger partial charge in [-0.25, -0.2) is 4.79 Å². The lowest BCUT2D eigenvalue weighted by Crippen LogP contribution is -2.30. The van der Waals surface area contributed by atoms with Crippen LogP contribution in [-0.2, 0) is 6.42 Å². The summed E-state index contributed by atoms with van der Waals surface area (Å²) in [6.45, 7) is 3.03. The number of amides is 2. The van der Waals surface area contributed by atoms with E-state index in [4.69, 9.17) is 14.2 Å². The highest BCUT2D eigenvalue weighted by Crippen LogP contribution is 2.28. The molecule has 0 radical (unpaired) electrons. The molecule has 0 aliphatic rings. The average molecular weight is 344 g/mol. The molecule has 6 nitrogen and oxygen atoms in total. The lowest BCUT2D eigenvalue weighted by Gasteiger charge is -2.12. The second kappa shape index (κ2) is 9.42. The van der Waals surface area contributed by atoms with Gasteiger partial charge in [-0.05, 0) is 55.3 Å². The third-order valence-electron chi connectivity index (χ3n) is 3.57. The van der Waals surface area contributed by atoms with Gasteiger partial charge in [0.2, 0.25) is 0 Å². The van der Waals surface area contributed by atoms with Gasteiger partial charge >= 0.3 is 6.03 Å². The van der Waals surface area contributed by atoms with E-state index in [1.165, 1.54) is 0 Å². The van der Waals surface area contributed by atoms with Crippen molar-refractivity contribution in [2.45, 2.75) is 13.3 Å². The molecule has 2 rings (SSSR count). The number of nitrogens with one attached hydrogen (secondary N) is 2. The molecular weight excluding hydrogens is 320 g/mol. The van der Waals surface area contributed by atoms with Gasteiger partial charge in [-0.1, -0.05) is 6.07 Å². The highest BCUT2D eigenvalue weighted by atomic mass is 16.5. The molecule has 6 heteroatoms. The summed E-state index contributed by atoms with van der Waals surface area (Å²) in [5.74, 6) is 2.16. The normalized spacial score (nSPS) is 10.0. The number of hydrogen-bond donors (Lipinski definition) is 2. The van der Waals surface area contributed by atoms with E-state index in [2.05, 4.69) is 10.6 Å². The second-order valence-electron chi connectivity index (χ2n) is 5.28. The van der Waals surface area contributed by atoms with E-state index in [0.717, 1.165) is 17.1 Å². The van der Waals surface area contributed by atoms with Crippen molar-refractivity contribution in [2.75, 3.05) is 32.7 Å². The van der Waals surface area contributed by atoms with Gasteiger partial charge in [0.1, 0.15) is 5.75 Å². The van der Waals surface area contributed by atoms with E-state index in [1.54, 1.807) is 38.5 Å². The zero-order chi connectivity index (χ0) is 18.1. The summed E-state index contributed by atoms with van der Waals surface area (Å²) >= 11 is 0. The average Bonchev–Trinajstić information content (AvgIpc) is 2.63. The van der Waals surface area contributed by atoms with Crippen LogP contribution in [0.4, 0.5) is 10.5 Å². The monoisotopic (exact) mass is 344 g/mol. The van der Waals surface area contributed by atoms with Crippen LogP contribution in [0.2, 0.25) is 0 Å². The molecule has 134 valence electrons. The van der Waals surface area contributed by atoms with E-state index in [1.807, 2.05) is 25.1 Å². The fourth-order valence-corrected chi connectivity index (χ4v) is 2.31. The maximum Gasteiger partial charge on any atom is 0.319 e. The summed E-state index contributed by atoms with van der Waals surface area (Å²) < 4.78 is 15.9. The molecule has 0 aliphatic heterocycles. The van der Waals surface area contributed by atoms with Gasteiger partial charge in [-0.2, -0.15) is 0 Å². The number of ether oxygens (including phenoxy) is 3. The van der Waals surface area contributed by atoms with Gasteiger partial charge in [0.25, 0.3) is 0 Å². The predicted octanol–water partition coefficient (Wildman–Crippen LogP) is 3.47. The Morgan fingerprint density at radius 2 is 1.76 bits per heavy atom. The van der Waals surface area contributed by atoms with Gasteiger partial charge in [-0.15, -0.1) is 0 Å².